The van der Waals surface area contributed by atoms with Gasteiger partial charge in [0.1, 0.15) is 0 Å². The van der Waals surface area contributed by atoms with E-state index in [0.29, 0.717) is 31.7 Å². The number of aromatic nitrogens is 3. The normalized spacial score (nSPS) is 11.0. The molecule has 0 saturated carbocycles. The zero-order valence-electron chi connectivity index (χ0n) is 16.8. The van der Waals surface area contributed by atoms with Crippen LogP contribution < -0.4 is 10.6 Å². The molecule has 0 aliphatic rings. The van der Waals surface area contributed by atoms with Crippen molar-refractivity contribution in [2.45, 2.75) is 11.7 Å². The molecule has 2 aromatic carbocycles. The fourth-order valence-electron chi connectivity index (χ4n) is 2.58. The van der Waals surface area contributed by atoms with Crippen LogP contribution in [0.4, 0.5) is 5.69 Å². The van der Waals surface area contributed by atoms with Crippen molar-refractivity contribution < 1.29 is 9.59 Å². The van der Waals surface area contributed by atoms with E-state index in [9.17, 15) is 9.59 Å². The standard InChI is InChI=1S/C21H18Cl3N5O2S/c1-29-18(11-25-19(30)7-6-13-4-2-3-5-17(13)24)27-28-21(29)32-12-20(31)26-16-9-14(22)8-15(23)10-16/h2-10H,11-12H2,1H3,(H,25,30)(H,26,31)/b7-6+. The maximum Gasteiger partial charge on any atom is 0.244 e. The number of nitrogens with one attached hydrogen (secondary N) is 2. The highest BCUT2D eigenvalue weighted by molar-refractivity contribution is 7.99. The number of anilines is 1. The molecule has 0 saturated heterocycles. The summed E-state index contributed by atoms with van der Waals surface area (Å²) in [7, 11) is 1.76. The van der Waals surface area contributed by atoms with Gasteiger partial charge < -0.3 is 15.2 Å². The number of carbonyl (C=O) groups excluding carboxylic acids is 2. The van der Waals surface area contributed by atoms with Crippen molar-refractivity contribution in [3.05, 3.63) is 75.0 Å². The number of halogens is 3. The predicted octanol–water partition coefficient (Wildman–Crippen LogP) is 4.84. The van der Waals surface area contributed by atoms with Crippen LogP contribution >= 0.6 is 46.6 Å². The van der Waals surface area contributed by atoms with Gasteiger partial charge in [-0.25, -0.2) is 0 Å². The molecule has 0 unspecified atom stereocenters. The molecule has 0 aliphatic heterocycles. The number of hydrogen-bond donors (Lipinski definition) is 2. The van der Waals surface area contributed by atoms with E-state index in [1.165, 1.54) is 17.8 Å². The van der Waals surface area contributed by atoms with Gasteiger partial charge >= 0.3 is 0 Å². The molecule has 32 heavy (non-hydrogen) atoms. The average molecular weight is 511 g/mol. The Morgan fingerprint density at radius 3 is 2.53 bits per heavy atom. The zero-order chi connectivity index (χ0) is 23.1. The first-order valence-corrected chi connectivity index (χ1v) is 11.4. The summed E-state index contributed by atoms with van der Waals surface area (Å²) in [4.78, 5) is 24.3. The highest BCUT2D eigenvalue weighted by Crippen LogP contribution is 2.23. The van der Waals surface area contributed by atoms with Gasteiger partial charge in [-0.15, -0.1) is 10.2 Å². The van der Waals surface area contributed by atoms with Crippen LogP contribution in [0.15, 0.2) is 53.7 Å². The van der Waals surface area contributed by atoms with Crippen molar-refractivity contribution in [1.29, 1.82) is 0 Å². The molecule has 1 aromatic heterocycles. The molecule has 0 atom stereocenters. The molecular formula is C21H18Cl3N5O2S. The van der Waals surface area contributed by atoms with Crippen LogP contribution in [0.5, 0.6) is 0 Å². The summed E-state index contributed by atoms with van der Waals surface area (Å²) < 4.78 is 1.71. The highest BCUT2D eigenvalue weighted by Gasteiger charge is 2.12. The second-order valence-corrected chi connectivity index (χ2v) is 8.75. The molecule has 2 amide bonds. The summed E-state index contributed by atoms with van der Waals surface area (Å²) >= 11 is 19.2. The van der Waals surface area contributed by atoms with Gasteiger partial charge in [0.2, 0.25) is 11.8 Å². The van der Waals surface area contributed by atoms with Crippen LogP contribution in [-0.2, 0) is 23.2 Å². The fourth-order valence-corrected chi connectivity index (χ4v) is 4.03. The molecule has 0 aliphatic carbocycles. The smallest absolute Gasteiger partial charge is 0.244 e. The summed E-state index contributed by atoms with van der Waals surface area (Å²) in [5.74, 6) is 0.134. The van der Waals surface area contributed by atoms with E-state index >= 15 is 0 Å². The summed E-state index contributed by atoms with van der Waals surface area (Å²) in [5.41, 5.74) is 1.26. The van der Waals surface area contributed by atoms with E-state index in [2.05, 4.69) is 20.8 Å². The molecule has 0 bridgehead atoms. The first-order chi connectivity index (χ1) is 15.3. The van der Waals surface area contributed by atoms with E-state index in [0.717, 1.165) is 5.56 Å². The van der Waals surface area contributed by atoms with Gasteiger partial charge in [-0.05, 0) is 35.9 Å². The second-order valence-electron chi connectivity index (χ2n) is 6.53. The third kappa shape index (κ3) is 7.00. The Labute approximate surface area is 204 Å². The number of benzene rings is 2. The Balaban J connectivity index is 1.50. The van der Waals surface area contributed by atoms with Crippen LogP contribution in [0, 0.1) is 0 Å². The van der Waals surface area contributed by atoms with Crippen molar-refractivity contribution in [3.63, 3.8) is 0 Å². The lowest BCUT2D eigenvalue weighted by Crippen LogP contribution is -2.22. The van der Waals surface area contributed by atoms with Crippen molar-refractivity contribution in [2.24, 2.45) is 7.05 Å². The van der Waals surface area contributed by atoms with Crippen molar-refractivity contribution in [2.75, 3.05) is 11.1 Å². The molecular weight excluding hydrogens is 493 g/mol. The van der Waals surface area contributed by atoms with Gasteiger partial charge in [0.25, 0.3) is 0 Å². The monoisotopic (exact) mass is 509 g/mol. The number of nitrogens with zero attached hydrogens (tertiary/aromatic N) is 3. The van der Waals surface area contributed by atoms with Crippen molar-refractivity contribution in [1.82, 2.24) is 20.1 Å². The first-order valence-electron chi connectivity index (χ1n) is 9.29. The molecule has 3 aromatic rings. The summed E-state index contributed by atoms with van der Waals surface area (Å²) in [6, 6.07) is 12.0. The fraction of sp³-hybridized carbons (Fsp3) is 0.143. The van der Waals surface area contributed by atoms with E-state index < -0.39 is 0 Å². The SMILES string of the molecule is Cn1c(CNC(=O)/C=C/c2ccccc2Cl)nnc1SCC(=O)Nc1cc(Cl)cc(Cl)c1. The van der Waals surface area contributed by atoms with Crippen LogP contribution in [-0.4, -0.2) is 32.3 Å². The Morgan fingerprint density at radius 2 is 1.81 bits per heavy atom. The largest absolute Gasteiger partial charge is 0.345 e. The summed E-state index contributed by atoms with van der Waals surface area (Å²) in [6.07, 6.45) is 3.04. The minimum absolute atomic E-state index is 0.114. The number of hydrogen-bond acceptors (Lipinski definition) is 5. The van der Waals surface area contributed by atoms with Gasteiger partial charge in [-0.2, -0.15) is 0 Å². The maximum absolute atomic E-state index is 12.2. The third-order valence-electron chi connectivity index (χ3n) is 4.14. The number of thioether (sulfide) groups is 1. The molecule has 1 heterocycles. The van der Waals surface area contributed by atoms with Crippen molar-refractivity contribution in [3.8, 4) is 0 Å². The third-order valence-corrected chi connectivity index (χ3v) is 5.94. The first kappa shape index (κ1) is 24.1. The van der Waals surface area contributed by atoms with Gasteiger partial charge in [-0.1, -0.05) is 64.8 Å². The Bertz CT molecular complexity index is 1150. The molecule has 7 nitrogen and oxygen atoms in total. The quantitative estimate of drug-likeness (QED) is 0.334. The van der Waals surface area contributed by atoms with E-state index in [1.807, 2.05) is 18.2 Å². The van der Waals surface area contributed by atoms with Crippen LogP contribution in [0.1, 0.15) is 11.4 Å². The van der Waals surface area contributed by atoms with E-state index in [-0.39, 0.29) is 24.1 Å². The lowest BCUT2D eigenvalue weighted by Gasteiger charge is -2.07. The van der Waals surface area contributed by atoms with Crippen LogP contribution in [0.3, 0.4) is 0 Å². The Hall–Kier alpha value is -2.52. The summed E-state index contributed by atoms with van der Waals surface area (Å²) in [5, 5.41) is 15.6. The minimum Gasteiger partial charge on any atom is -0.345 e. The van der Waals surface area contributed by atoms with Gasteiger partial charge in [0.05, 0.1) is 12.3 Å². The molecule has 0 spiro atoms. The number of amides is 2. The molecule has 0 radical (unpaired) electrons. The van der Waals surface area contributed by atoms with Crippen LogP contribution in [0.25, 0.3) is 6.08 Å². The van der Waals surface area contributed by atoms with E-state index in [4.69, 9.17) is 34.8 Å². The Morgan fingerprint density at radius 1 is 1.09 bits per heavy atom. The Kier molecular flexibility index (Phi) is 8.58. The van der Waals surface area contributed by atoms with Crippen LogP contribution in [0.2, 0.25) is 15.1 Å². The van der Waals surface area contributed by atoms with Gasteiger partial charge in [0, 0.05) is 33.9 Å². The number of rotatable bonds is 8. The molecule has 2 N–H and O–H groups in total. The molecule has 11 heteroatoms. The van der Waals surface area contributed by atoms with Crippen molar-refractivity contribution >= 4 is 70.1 Å². The number of carbonyl (C=O) groups is 2. The molecule has 0 fully saturated rings. The molecule has 3 rings (SSSR count). The predicted molar refractivity (Wildman–Crippen MR) is 129 cm³/mol. The van der Waals surface area contributed by atoms with E-state index in [1.54, 1.807) is 42.0 Å². The minimum atomic E-state index is -0.290. The van der Waals surface area contributed by atoms with Gasteiger partial charge in [-0.3, -0.25) is 9.59 Å². The maximum atomic E-state index is 12.2. The summed E-state index contributed by atoms with van der Waals surface area (Å²) in [6.45, 7) is 0.183. The second kappa shape index (κ2) is 11.4. The zero-order valence-corrected chi connectivity index (χ0v) is 19.9. The molecule has 166 valence electrons. The van der Waals surface area contributed by atoms with Gasteiger partial charge in [0.15, 0.2) is 11.0 Å². The lowest BCUT2D eigenvalue weighted by molar-refractivity contribution is -0.116. The average Bonchev–Trinajstić information content (AvgIpc) is 3.09. The lowest BCUT2D eigenvalue weighted by atomic mass is 10.2. The topological polar surface area (TPSA) is 88.9 Å². The highest BCUT2D eigenvalue weighted by atomic mass is 35.5.